The number of rotatable bonds is 79. The predicted molar refractivity (Wildman–Crippen MR) is 533 cm³/mol. The molecule has 0 aromatic carbocycles. The number of carbonyl (C=O) groups excluding carboxylic acids is 15. The molecule has 34 N–H and O–H groups in total. The minimum absolute atomic E-state index is 0.00837. The predicted octanol–water partition coefficient (Wildman–Crippen LogP) is 1.07. The molecule has 0 fully saturated rings. The van der Waals surface area contributed by atoms with Gasteiger partial charge in [-0.1, -0.05) is 111 Å². The molecule has 41 heteroatoms. The number of nitrogens with one attached hydrogen (secondary N) is 15. The largest absolute Gasteiger partial charge is 0.480 e. The highest BCUT2D eigenvalue weighted by Gasteiger charge is 2.40. The number of carboxylic acids is 1. The number of amides is 15. The lowest BCUT2D eigenvalue weighted by Gasteiger charge is -2.30. The Balaban J connectivity index is 7.55. The van der Waals surface area contributed by atoms with Crippen LogP contribution in [0.2, 0.25) is 0 Å². The van der Waals surface area contributed by atoms with Gasteiger partial charge in [-0.05, 0) is 305 Å². The van der Waals surface area contributed by atoms with E-state index >= 15 is 0 Å². The van der Waals surface area contributed by atoms with Crippen molar-refractivity contribution in [1.82, 2.24) is 79.8 Å². The van der Waals surface area contributed by atoms with E-state index in [0.29, 0.717) is 129 Å². The van der Waals surface area contributed by atoms with E-state index in [-0.39, 0.29) is 176 Å². The van der Waals surface area contributed by atoms with Crippen LogP contribution in [0.15, 0.2) is 0 Å². The number of unbranched alkanes of at least 4 members (excludes halogenated alkanes) is 8. The lowest BCUT2D eigenvalue weighted by atomic mass is 9.98. The van der Waals surface area contributed by atoms with E-state index in [2.05, 4.69) is 79.8 Å². The van der Waals surface area contributed by atoms with Gasteiger partial charge >= 0.3 is 5.97 Å². The molecule has 0 aliphatic rings. The fourth-order valence-electron chi connectivity index (χ4n) is 15.7. The van der Waals surface area contributed by atoms with E-state index in [4.69, 9.17) is 51.6 Å². The van der Waals surface area contributed by atoms with Crippen molar-refractivity contribution in [2.45, 2.75) is 413 Å². The van der Waals surface area contributed by atoms with Gasteiger partial charge in [0.05, 0.1) is 6.04 Å². The van der Waals surface area contributed by atoms with Gasteiger partial charge in [0.1, 0.15) is 90.6 Å². The maximum Gasteiger partial charge on any atom is 0.326 e. The molecule has 0 aromatic rings. The van der Waals surface area contributed by atoms with Gasteiger partial charge in [-0.15, -0.1) is 0 Å². The van der Waals surface area contributed by atoms with Crippen LogP contribution < -0.4 is 131 Å². The van der Waals surface area contributed by atoms with Crippen LogP contribution in [-0.4, -0.2) is 249 Å². The Hall–Kier alpha value is -8.84. The molecule has 0 heterocycles. The Kier molecular flexibility index (Phi) is 68.6. The standard InChI is InChI=1S/C96H186N24O17/c1-57(2)49-65(105)81(121)106-66(33-17-25-41-97)82(122)107-70(37-21-29-45-101)86(126)114-77(53-61(9)10)93(133)117-74(50-58(3)4)90(130)111-67(34-18-26-42-98)83(123)108-71(38-22-30-46-102)87(127)115-78(54-62(11)12)94(134)118-75(51-59(5)6)91(131)112-68(35-19-27-43-99)84(124)109-72(39-23-31-47-103)88(128)116-79(55-63(13)14)95(135)119-76(52-60(7)8)92(132)113-69(36-20-28-44-100)85(125)110-73(40-24-32-48-104)89(129)120-80(96(136)137)56-64(15)16/h57-80H,17-56,97-105H2,1-16H3,(H,106,121)(H,107,122)(H,108,123)(H,109,124)(H,110,125)(H,111,130)(H,112,131)(H,113,132)(H,114,126)(H,115,127)(H,116,128)(H,117,133)(H,118,134)(H,119,135)(H,120,129)(H,136,137)/t65-,66-,67-,68-,69-,70-,71-,72-,73-,74-,75-,76-,77-,78-,79-,80-/m0/s1. The zero-order valence-corrected chi connectivity index (χ0v) is 85.8. The Morgan fingerprint density at radius 1 is 0.168 bits per heavy atom. The van der Waals surface area contributed by atoms with Gasteiger partial charge < -0.3 is 136 Å². The van der Waals surface area contributed by atoms with Crippen LogP contribution in [0.4, 0.5) is 0 Å². The minimum Gasteiger partial charge on any atom is -0.480 e. The van der Waals surface area contributed by atoms with Crippen LogP contribution in [-0.2, 0) is 76.7 Å². The number of carbonyl (C=O) groups is 16. The fraction of sp³-hybridized carbons (Fsp3) is 0.833. The van der Waals surface area contributed by atoms with Crippen molar-refractivity contribution in [3.05, 3.63) is 0 Å². The average Bonchev–Trinajstić information content (AvgIpc) is 0.881. The first kappa shape index (κ1) is 128. The van der Waals surface area contributed by atoms with Crippen LogP contribution in [0, 0.1) is 47.3 Å². The lowest BCUT2D eigenvalue weighted by Crippen LogP contribution is -2.61. The van der Waals surface area contributed by atoms with E-state index in [1.165, 1.54) is 0 Å². The zero-order valence-electron chi connectivity index (χ0n) is 85.8. The molecule has 0 aromatic heterocycles. The average molecular weight is 1950 g/mol. The molecule has 137 heavy (non-hydrogen) atoms. The summed E-state index contributed by atoms with van der Waals surface area (Å²) in [4.78, 5) is 231. The van der Waals surface area contributed by atoms with Gasteiger partial charge in [-0.2, -0.15) is 0 Å². The monoisotopic (exact) mass is 1950 g/mol. The topological polar surface area (TPSA) is 708 Å². The molecule has 0 aliphatic heterocycles. The fourth-order valence-corrected chi connectivity index (χ4v) is 15.7. The molecule has 0 spiro atoms. The number of carboxylic acid groups (broad SMARTS) is 1. The van der Waals surface area contributed by atoms with Gasteiger partial charge in [0, 0.05) is 0 Å². The third-order valence-electron chi connectivity index (χ3n) is 23.1. The Morgan fingerprint density at radius 2 is 0.277 bits per heavy atom. The Labute approximate surface area is 816 Å². The third kappa shape index (κ3) is 56.9. The smallest absolute Gasteiger partial charge is 0.326 e. The molecule has 16 atom stereocenters. The molecule has 15 amide bonds. The maximum absolute atomic E-state index is 15.0. The van der Waals surface area contributed by atoms with Gasteiger partial charge in [0.25, 0.3) is 0 Å². The van der Waals surface area contributed by atoms with E-state index in [1.807, 2.05) is 111 Å². The molecular weight excluding hydrogens is 1760 g/mol. The summed E-state index contributed by atoms with van der Waals surface area (Å²) in [5.74, 6) is -13.7. The van der Waals surface area contributed by atoms with Crippen molar-refractivity contribution in [1.29, 1.82) is 0 Å². The second-order valence-corrected chi connectivity index (χ2v) is 40.2. The summed E-state index contributed by atoms with van der Waals surface area (Å²) in [5, 5.41) is 52.0. The molecule has 0 saturated carbocycles. The summed E-state index contributed by atoms with van der Waals surface area (Å²) in [5.41, 5.74) is 53.4. The Morgan fingerprint density at radius 3 is 0.401 bits per heavy atom. The molecule has 41 nitrogen and oxygen atoms in total. The maximum atomic E-state index is 15.0. The second-order valence-electron chi connectivity index (χ2n) is 40.2. The van der Waals surface area contributed by atoms with Crippen LogP contribution in [0.1, 0.15) is 316 Å². The van der Waals surface area contributed by atoms with Crippen LogP contribution in [0.25, 0.3) is 0 Å². The highest BCUT2D eigenvalue weighted by atomic mass is 16.4. The summed E-state index contributed by atoms with van der Waals surface area (Å²) >= 11 is 0. The first-order valence-corrected chi connectivity index (χ1v) is 50.8. The van der Waals surface area contributed by atoms with Gasteiger partial charge in [0.2, 0.25) is 88.6 Å². The van der Waals surface area contributed by atoms with E-state index in [9.17, 15) is 81.8 Å². The molecule has 0 radical (unpaired) electrons. The SMILES string of the molecule is CC(C)C[C@H](NC(=O)[C@H](CCCCN)NC(=O)[C@H](CCCCN)NC(=O)[C@H](CC(C)C)NC(=O)[C@H](CC(C)C)NC(=O)[C@H](CCCCN)NC(=O)[C@H](CCCCN)NC(=O)[C@H](CC(C)C)NC(=O)[C@H](CC(C)C)NC(=O)[C@H](CCCCN)NC(=O)[C@H](CCCCN)NC(=O)[C@H](CC(C)C)NC(=O)[C@H](CC(C)C)NC(=O)[C@H](CCCCN)NC(=O)[C@H](CCCCN)NC(=O)[C@@H](N)CC(C)C)C(=O)O. The summed E-state index contributed by atoms with van der Waals surface area (Å²) in [6, 6.07) is -20.0. The number of hydrogen-bond acceptors (Lipinski definition) is 25. The zero-order chi connectivity index (χ0) is 104. The van der Waals surface area contributed by atoms with Gasteiger partial charge in [-0.3, -0.25) is 71.9 Å². The molecule has 792 valence electrons. The molecular formula is C96H186N24O17. The lowest BCUT2D eigenvalue weighted by molar-refractivity contribution is -0.143. The van der Waals surface area contributed by atoms with E-state index in [0.717, 1.165) is 0 Å². The number of nitrogens with two attached hydrogens (primary N) is 9. The molecule has 0 aliphatic carbocycles. The van der Waals surface area contributed by atoms with Crippen LogP contribution in [0.5, 0.6) is 0 Å². The van der Waals surface area contributed by atoms with Gasteiger partial charge in [-0.25, -0.2) is 4.79 Å². The summed E-state index contributed by atoms with van der Waals surface area (Å²) < 4.78 is 0. The second kappa shape index (κ2) is 73.3. The van der Waals surface area contributed by atoms with Crippen molar-refractivity contribution in [3.8, 4) is 0 Å². The first-order valence-electron chi connectivity index (χ1n) is 50.8. The van der Waals surface area contributed by atoms with Crippen molar-refractivity contribution in [3.63, 3.8) is 0 Å². The third-order valence-corrected chi connectivity index (χ3v) is 23.1. The summed E-state index contributed by atoms with van der Waals surface area (Å²) in [7, 11) is 0. The van der Waals surface area contributed by atoms with Crippen molar-refractivity contribution < 1.29 is 81.8 Å². The minimum atomic E-state index is -1.34. The molecule has 0 saturated heterocycles. The van der Waals surface area contributed by atoms with E-state index in [1.54, 1.807) is 0 Å². The van der Waals surface area contributed by atoms with Crippen molar-refractivity contribution in [2.24, 2.45) is 98.9 Å². The van der Waals surface area contributed by atoms with E-state index < -0.39 is 191 Å². The molecule has 0 unspecified atom stereocenters. The van der Waals surface area contributed by atoms with Crippen molar-refractivity contribution >= 4 is 94.6 Å². The van der Waals surface area contributed by atoms with Crippen LogP contribution >= 0.6 is 0 Å². The molecule has 0 bridgehead atoms. The highest BCUT2D eigenvalue weighted by Crippen LogP contribution is 2.20. The highest BCUT2D eigenvalue weighted by molar-refractivity contribution is 6.01. The molecule has 0 rings (SSSR count). The quantitative estimate of drug-likeness (QED) is 0.0379. The summed E-state index contributed by atoms with van der Waals surface area (Å²) in [6.07, 6.45) is 8.01. The van der Waals surface area contributed by atoms with Crippen LogP contribution in [0.3, 0.4) is 0 Å². The first-order chi connectivity index (χ1) is 64.7. The van der Waals surface area contributed by atoms with Gasteiger partial charge in [0.15, 0.2) is 0 Å². The number of hydrogen-bond donors (Lipinski definition) is 25. The Bertz CT molecular complexity index is 3540. The number of aliphatic carboxylic acids is 1. The van der Waals surface area contributed by atoms with Crippen molar-refractivity contribution in [2.75, 3.05) is 52.4 Å². The summed E-state index contributed by atoms with van der Waals surface area (Å²) in [6.45, 7) is 31.4. The normalized spacial score (nSPS) is 15.2.